The van der Waals surface area contributed by atoms with Gasteiger partial charge < -0.3 is 9.47 Å². The lowest BCUT2D eigenvalue weighted by Gasteiger charge is -2.19. The summed E-state index contributed by atoms with van der Waals surface area (Å²) in [4.78, 5) is -0.261. The molecule has 1 heterocycles. The lowest BCUT2D eigenvalue weighted by atomic mass is 10.3. The number of anilines is 1. The zero-order valence-electron chi connectivity index (χ0n) is 14.2. The van der Waals surface area contributed by atoms with Crippen molar-refractivity contribution in [3.63, 3.8) is 0 Å². The maximum Gasteiger partial charge on any atom is 0.261 e. The topological polar surface area (TPSA) is 102 Å². The second kappa shape index (κ2) is 6.78. The van der Waals surface area contributed by atoms with Crippen LogP contribution in [0.2, 0.25) is 0 Å². The van der Waals surface area contributed by atoms with E-state index in [0.717, 1.165) is 10.4 Å². The van der Waals surface area contributed by atoms with E-state index in [2.05, 4.69) is 4.72 Å². The number of nitrogens with one attached hydrogen (secondary N) is 1. The third-order valence-corrected chi connectivity index (χ3v) is 6.88. The highest BCUT2D eigenvalue weighted by Gasteiger charge is 2.22. The second-order valence-corrected chi connectivity index (χ2v) is 9.56. The van der Waals surface area contributed by atoms with Crippen LogP contribution >= 0.6 is 0 Å². The third-order valence-electron chi connectivity index (χ3n) is 3.69. The molecule has 0 amide bonds. The Morgan fingerprint density at radius 2 is 1.54 bits per heavy atom. The van der Waals surface area contributed by atoms with Gasteiger partial charge in [-0.1, -0.05) is 6.07 Å². The highest BCUT2D eigenvalue weighted by molar-refractivity contribution is 7.93. The summed E-state index contributed by atoms with van der Waals surface area (Å²) in [6.07, 6.45) is 0. The molecule has 26 heavy (non-hydrogen) atoms. The lowest BCUT2D eigenvalue weighted by Crippen LogP contribution is -2.22. The quantitative estimate of drug-likeness (QED) is 0.819. The lowest BCUT2D eigenvalue weighted by molar-refractivity contribution is 0.171. The summed E-state index contributed by atoms with van der Waals surface area (Å²) < 4.78 is 63.9. The Balaban J connectivity index is 1.92. The van der Waals surface area contributed by atoms with Crippen LogP contribution in [-0.4, -0.2) is 48.4 Å². The first-order valence-electron chi connectivity index (χ1n) is 7.65. The molecule has 0 aliphatic carbocycles. The fourth-order valence-electron chi connectivity index (χ4n) is 2.33. The van der Waals surface area contributed by atoms with Crippen molar-refractivity contribution >= 4 is 25.7 Å². The molecule has 0 atom stereocenters. The minimum absolute atomic E-state index is 0.104. The number of nitrogens with zero attached hydrogens (tertiary/aromatic N) is 1. The summed E-state index contributed by atoms with van der Waals surface area (Å²) >= 11 is 0. The fourth-order valence-corrected chi connectivity index (χ4v) is 4.45. The Morgan fingerprint density at radius 1 is 0.885 bits per heavy atom. The van der Waals surface area contributed by atoms with E-state index in [1.54, 1.807) is 12.1 Å². The summed E-state index contributed by atoms with van der Waals surface area (Å²) in [5.74, 6) is 0.985. The van der Waals surface area contributed by atoms with Gasteiger partial charge in [-0.15, -0.1) is 0 Å². The van der Waals surface area contributed by atoms with Crippen LogP contribution in [0.3, 0.4) is 0 Å². The van der Waals surface area contributed by atoms with Crippen LogP contribution in [0, 0.1) is 0 Å². The smallest absolute Gasteiger partial charge is 0.261 e. The molecule has 3 rings (SSSR count). The first-order chi connectivity index (χ1) is 12.2. The average Bonchev–Trinajstić information content (AvgIpc) is 2.61. The Bertz CT molecular complexity index is 1030. The van der Waals surface area contributed by atoms with E-state index in [0.29, 0.717) is 24.7 Å². The van der Waals surface area contributed by atoms with E-state index < -0.39 is 20.0 Å². The van der Waals surface area contributed by atoms with Gasteiger partial charge in [-0.2, -0.15) is 0 Å². The van der Waals surface area contributed by atoms with Crippen molar-refractivity contribution in [2.45, 2.75) is 9.79 Å². The summed E-state index contributed by atoms with van der Waals surface area (Å²) in [5, 5.41) is 0. The number of hydrogen-bond acceptors (Lipinski definition) is 6. The molecule has 0 spiro atoms. The van der Waals surface area contributed by atoms with Crippen LogP contribution in [-0.2, 0) is 20.0 Å². The first kappa shape index (κ1) is 18.5. The van der Waals surface area contributed by atoms with Crippen LogP contribution in [0.4, 0.5) is 5.69 Å². The van der Waals surface area contributed by atoms with E-state index >= 15 is 0 Å². The van der Waals surface area contributed by atoms with Crippen LogP contribution in [0.5, 0.6) is 11.5 Å². The normalized spacial score (nSPS) is 14.3. The molecule has 0 aromatic heterocycles. The zero-order valence-corrected chi connectivity index (χ0v) is 15.8. The molecular weight excluding hydrogens is 380 g/mol. The largest absolute Gasteiger partial charge is 0.486 e. The van der Waals surface area contributed by atoms with Crippen molar-refractivity contribution in [1.29, 1.82) is 0 Å². The Hall–Kier alpha value is -2.30. The molecular formula is C16H18N2O6S2. The van der Waals surface area contributed by atoms with Crippen LogP contribution in [0.25, 0.3) is 0 Å². The van der Waals surface area contributed by atoms with Crippen LogP contribution in [0.15, 0.2) is 52.3 Å². The summed E-state index contributed by atoms with van der Waals surface area (Å²) in [6.45, 7) is 0.818. The van der Waals surface area contributed by atoms with Gasteiger partial charge in [0.05, 0.1) is 15.5 Å². The molecule has 1 aliphatic rings. The summed E-state index contributed by atoms with van der Waals surface area (Å²) in [6, 6.07) is 9.86. The number of sulfonamides is 2. The molecule has 0 saturated heterocycles. The molecule has 1 N–H and O–H groups in total. The number of hydrogen-bond donors (Lipinski definition) is 1. The van der Waals surface area contributed by atoms with Gasteiger partial charge >= 0.3 is 0 Å². The zero-order chi connectivity index (χ0) is 18.9. The molecule has 0 unspecified atom stereocenters. The summed E-state index contributed by atoms with van der Waals surface area (Å²) in [7, 11) is -4.96. The van der Waals surface area contributed by atoms with Gasteiger partial charge in [-0.05, 0) is 30.3 Å². The van der Waals surface area contributed by atoms with Crippen LogP contribution < -0.4 is 14.2 Å². The van der Waals surface area contributed by atoms with E-state index in [1.165, 1.54) is 38.4 Å². The molecule has 8 nitrogen and oxygen atoms in total. The van der Waals surface area contributed by atoms with Gasteiger partial charge in [-0.3, -0.25) is 4.72 Å². The van der Waals surface area contributed by atoms with E-state index in [-0.39, 0.29) is 15.5 Å². The molecule has 10 heteroatoms. The highest BCUT2D eigenvalue weighted by Crippen LogP contribution is 2.33. The van der Waals surface area contributed by atoms with Crippen molar-refractivity contribution in [3.8, 4) is 11.5 Å². The molecule has 0 bridgehead atoms. The molecule has 140 valence electrons. The highest BCUT2D eigenvalue weighted by atomic mass is 32.2. The predicted octanol–water partition coefficient (Wildman–Crippen LogP) is 1.51. The third kappa shape index (κ3) is 3.62. The minimum atomic E-state index is -3.98. The summed E-state index contributed by atoms with van der Waals surface area (Å²) in [5.41, 5.74) is 0.287. The van der Waals surface area contributed by atoms with Gasteiger partial charge in [-0.25, -0.2) is 21.1 Å². The maximum absolute atomic E-state index is 12.6. The first-order valence-corrected chi connectivity index (χ1v) is 10.6. The molecule has 0 radical (unpaired) electrons. The van der Waals surface area contributed by atoms with Gasteiger partial charge in [0.25, 0.3) is 10.0 Å². The number of ether oxygens (including phenoxy) is 2. The van der Waals surface area contributed by atoms with Crippen molar-refractivity contribution in [2.75, 3.05) is 32.0 Å². The second-order valence-electron chi connectivity index (χ2n) is 5.73. The van der Waals surface area contributed by atoms with Crippen LogP contribution in [0.1, 0.15) is 0 Å². The molecule has 0 fully saturated rings. The van der Waals surface area contributed by atoms with Gasteiger partial charge in [0, 0.05) is 20.2 Å². The molecule has 2 aromatic rings. The maximum atomic E-state index is 12.6. The Labute approximate surface area is 152 Å². The molecule has 2 aromatic carbocycles. The average molecular weight is 398 g/mol. The number of rotatable bonds is 5. The van der Waals surface area contributed by atoms with Crippen molar-refractivity contribution < 1.29 is 26.3 Å². The minimum Gasteiger partial charge on any atom is -0.486 e. The van der Waals surface area contributed by atoms with Crippen molar-refractivity contribution in [1.82, 2.24) is 4.31 Å². The standard InChI is InChI=1S/C16H18N2O6S2/c1-18(2)26(21,22)14-5-3-4-13(11-14)25(19,20)17-12-6-7-15-16(10-12)24-9-8-23-15/h3-7,10-11,17H,8-9H2,1-2H3. The fraction of sp³-hybridized carbons (Fsp3) is 0.250. The number of benzene rings is 2. The van der Waals surface area contributed by atoms with E-state index in [1.807, 2.05) is 0 Å². The molecule has 0 saturated carbocycles. The van der Waals surface area contributed by atoms with E-state index in [4.69, 9.17) is 9.47 Å². The number of fused-ring (bicyclic) bond motifs is 1. The van der Waals surface area contributed by atoms with Gasteiger partial charge in [0.1, 0.15) is 13.2 Å². The molecule has 1 aliphatic heterocycles. The van der Waals surface area contributed by atoms with Crippen molar-refractivity contribution in [2.24, 2.45) is 0 Å². The van der Waals surface area contributed by atoms with E-state index in [9.17, 15) is 16.8 Å². The SMILES string of the molecule is CN(C)S(=O)(=O)c1cccc(S(=O)(=O)Nc2ccc3c(c2)OCCO3)c1. The monoisotopic (exact) mass is 398 g/mol. The van der Waals surface area contributed by atoms with Gasteiger partial charge in [0.15, 0.2) is 11.5 Å². The van der Waals surface area contributed by atoms with Gasteiger partial charge in [0.2, 0.25) is 10.0 Å². The predicted molar refractivity (Wildman–Crippen MR) is 95.6 cm³/mol. The Morgan fingerprint density at radius 3 is 2.23 bits per heavy atom. The van der Waals surface area contributed by atoms with Crippen molar-refractivity contribution in [3.05, 3.63) is 42.5 Å². The Kier molecular flexibility index (Phi) is 4.82.